The molecule has 1 atom stereocenters. The molecule has 1 aromatic rings. The van der Waals surface area contributed by atoms with Crippen LogP contribution in [0.15, 0.2) is 18.3 Å². The Morgan fingerprint density at radius 1 is 1.62 bits per heavy atom. The third-order valence-corrected chi connectivity index (χ3v) is 2.49. The van der Waals surface area contributed by atoms with Crippen molar-refractivity contribution in [2.24, 2.45) is 0 Å². The molecule has 0 saturated heterocycles. The molecule has 0 bridgehead atoms. The Kier molecular flexibility index (Phi) is 2.67. The quantitative estimate of drug-likeness (QED) is 0.691. The molecule has 2 heteroatoms. The van der Waals surface area contributed by atoms with Gasteiger partial charge in [0.05, 0.1) is 17.2 Å². The van der Waals surface area contributed by atoms with Gasteiger partial charge in [0.15, 0.2) is 0 Å². The molecule has 1 unspecified atom stereocenters. The number of aryl methyl sites for hydroxylation is 1. The van der Waals surface area contributed by atoms with E-state index in [4.69, 9.17) is 5.26 Å². The second-order valence-electron chi connectivity index (χ2n) is 3.47. The fraction of sp³-hybridized carbons (Fsp3) is 0.455. The second kappa shape index (κ2) is 3.57. The van der Waals surface area contributed by atoms with Gasteiger partial charge in [0.1, 0.15) is 0 Å². The van der Waals surface area contributed by atoms with Crippen LogP contribution in [0.25, 0.3) is 0 Å². The first-order chi connectivity index (χ1) is 6.14. The molecule has 0 aromatic carbocycles. The van der Waals surface area contributed by atoms with Crippen molar-refractivity contribution in [3.8, 4) is 6.07 Å². The van der Waals surface area contributed by atoms with E-state index in [0.29, 0.717) is 0 Å². The molecule has 13 heavy (non-hydrogen) atoms. The van der Waals surface area contributed by atoms with Crippen molar-refractivity contribution in [3.63, 3.8) is 0 Å². The third kappa shape index (κ3) is 1.70. The van der Waals surface area contributed by atoms with E-state index in [0.717, 1.165) is 17.7 Å². The summed E-state index contributed by atoms with van der Waals surface area (Å²) in [6.07, 6.45) is 2.54. The van der Waals surface area contributed by atoms with E-state index in [9.17, 15) is 0 Å². The van der Waals surface area contributed by atoms with Crippen LogP contribution in [0.2, 0.25) is 0 Å². The Morgan fingerprint density at radius 3 is 2.77 bits per heavy atom. The molecule has 0 fully saturated rings. The van der Waals surface area contributed by atoms with Crippen LogP contribution in [0.4, 0.5) is 0 Å². The smallest absolute Gasteiger partial charge is 0.0965 e. The zero-order valence-corrected chi connectivity index (χ0v) is 8.33. The lowest BCUT2D eigenvalue weighted by atomic mass is 9.83. The predicted octanol–water partition coefficient (Wildman–Crippen LogP) is 2.58. The molecule has 0 N–H and O–H groups in total. The van der Waals surface area contributed by atoms with Gasteiger partial charge in [-0.3, -0.25) is 4.98 Å². The maximum absolute atomic E-state index is 9.07. The first-order valence-electron chi connectivity index (χ1n) is 4.47. The van der Waals surface area contributed by atoms with Crippen molar-refractivity contribution in [1.82, 2.24) is 4.98 Å². The highest BCUT2D eigenvalue weighted by molar-refractivity contribution is 5.31. The highest BCUT2D eigenvalue weighted by Crippen LogP contribution is 2.26. The zero-order valence-electron chi connectivity index (χ0n) is 8.33. The molecule has 0 aliphatic heterocycles. The summed E-state index contributed by atoms with van der Waals surface area (Å²) in [6.45, 7) is 5.94. The maximum Gasteiger partial charge on any atom is 0.0965 e. The van der Waals surface area contributed by atoms with Gasteiger partial charge < -0.3 is 0 Å². The van der Waals surface area contributed by atoms with Gasteiger partial charge in [0, 0.05) is 6.20 Å². The lowest BCUT2D eigenvalue weighted by molar-refractivity contribution is 0.564. The van der Waals surface area contributed by atoms with Crippen molar-refractivity contribution in [1.29, 1.82) is 5.26 Å². The number of hydrogen-bond donors (Lipinski definition) is 0. The maximum atomic E-state index is 9.07. The average Bonchev–Trinajstić information content (AvgIpc) is 2.17. The number of aromatic nitrogens is 1. The molecular weight excluding hydrogens is 160 g/mol. The van der Waals surface area contributed by atoms with Crippen molar-refractivity contribution < 1.29 is 0 Å². The van der Waals surface area contributed by atoms with Gasteiger partial charge in [-0.1, -0.05) is 13.0 Å². The SMILES string of the molecule is CCC(C)(C#N)c1ncccc1C. The standard InChI is InChI=1S/C11H14N2/c1-4-11(3,8-12)10-9(2)6-5-7-13-10/h5-7H,4H2,1-3H3. The lowest BCUT2D eigenvalue weighted by Crippen LogP contribution is -2.21. The minimum absolute atomic E-state index is 0.439. The Morgan fingerprint density at radius 2 is 2.31 bits per heavy atom. The first kappa shape index (κ1) is 9.73. The van der Waals surface area contributed by atoms with Gasteiger partial charge in [-0.2, -0.15) is 5.26 Å². The van der Waals surface area contributed by atoms with Crippen molar-refractivity contribution in [3.05, 3.63) is 29.6 Å². The molecule has 0 amide bonds. The normalized spacial score (nSPS) is 14.6. The summed E-state index contributed by atoms with van der Waals surface area (Å²) in [5.41, 5.74) is 1.55. The summed E-state index contributed by atoms with van der Waals surface area (Å²) in [6, 6.07) is 6.21. The van der Waals surface area contributed by atoms with Gasteiger partial charge in [-0.25, -0.2) is 0 Å². The molecule has 2 nitrogen and oxygen atoms in total. The van der Waals surface area contributed by atoms with Gasteiger partial charge in [0.25, 0.3) is 0 Å². The van der Waals surface area contributed by atoms with Gasteiger partial charge in [-0.05, 0) is 31.9 Å². The molecule has 0 radical (unpaired) electrons. The zero-order chi connectivity index (χ0) is 9.90. The number of hydrogen-bond acceptors (Lipinski definition) is 2. The molecule has 0 saturated carbocycles. The van der Waals surface area contributed by atoms with Crippen LogP contribution in [0.3, 0.4) is 0 Å². The van der Waals surface area contributed by atoms with E-state index >= 15 is 0 Å². The molecule has 0 aliphatic carbocycles. The van der Waals surface area contributed by atoms with Crippen LogP contribution >= 0.6 is 0 Å². The summed E-state index contributed by atoms with van der Waals surface area (Å²) in [5.74, 6) is 0. The van der Waals surface area contributed by atoms with Crippen LogP contribution in [-0.2, 0) is 5.41 Å². The van der Waals surface area contributed by atoms with E-state index in [1.165, 1.54) is 0 Å². The van der Waals surface area contributed by atoms with Crippen LogP contribution < -0.4 is 0 Å². The van der Waals surface area contributed by atoms with Crippen molar-refractivity contribution in [2.45, 2.75) is 32.6 Å². The Bertz CT molecular complexity index is 338. The number of nitrogens with zero attached hydrogens (tertiary/aromatic N) is 2. The Labute approximate surface area is 79.2 Å². The number of rotatable bonds is 2. The topological polar surface area (TPSA) is 36.7 Å². The summed E-state index contributed by atoms with van der Waals surface area (Å²) >= 11 is 0. The van der Waals surface area contributed by atoms with E-state index in [1.54, 1.807) is 6.20 Å². The third-order valence-electron chi connectivity index (χ3n) is 2.49. The largest absolute Gasteiger partial charge is 0.259 e. The Hall–Kier alpha value is -1.36. The fourth-order valence-electron chi connectivity index (χ4n) is 1.36. The van der Waals surface area contributed by atoms with E-state index < -0.39 is 5.41 Å². The predicted molar refractivity (Wildman–Crippen MR) is 52.2 cm³/mol. The van der Waals surface area contributed by atoms with Gasteiger partial charge in [-0.15, -0.1) is 0 Å². The average molecular weight is 174 g/mol. The van der Waals surface area contributed by atoms with Crippen LogP contribution in [0.5, 0.6) is 0 Å². The minimum atomic E-state index is -0.439. The van der Waals surface area contributed by atoms with E-state index in [-0.39, 0.29) is 0 Å². The molecule has 1 heterocycles. The first-order valence-corrected chi connectivity index (χ1v) is 4.47. The van der Waals surface area contributed by atoms with E-state index in [2.05, 4.69) is 11.1 Å². The van der Waals surface area contributed by atoms with Gasteiger partial charge >= 0.3 is 0 Å². The highest BCUT2D eigenvalue weighted by atomic mass is 14.7. The van der Waals surface area contributed by atoms with Crippen LogP contribution in [0, 0.1) is 18.3 Å². The molecule has 0 aliphatic rings. The number of pyridine rings is 1. The number of nitriles is 1. The monoisotopic (exact) mass is 174 g/mol. The summed E-state index contributed by atoms with van der Waals surface area (Å²) in [4.78, 5) is 4.27. The fourth-order valence-corrected chi connectivity index (χ4v) is 1.36. The van der Waals surface area contributed by atoms with Crippen molar-refractivity contribution in [2.75, 3.05) is 0 Å². The molecule has 0 spiro atoms. The summed E-state index contributed by atoms with van der Waals surface area (Å²) in [5, 5.41) is 9.07. The molecule has 1 rings (SSSR count). The van der Waals surface area contributed by atoms with Crippen LogP contribution in [-0.4, -0.2) is 4.98 Å². The van der Waals surface area contributed by atoms with Crippen LogP contribution in [0.1, 0.15) is 31.5 Å². The lowest BCUT2D eigenvalue weighted by Gasteiger charge is -2.20. The molecule has 68 valence electrons. The highest BCUT2D eigenvalue weighted by Gasteiger charge is 2.26. The van der Waals surface area contributed by atoms with Gasteiger partial charge in [0.2, 0.25) is 0 Å². The minimum Gasteiger partial charge on any atom is -0.259 e. The van der Waals surface area contributed by atoms with E-state index in [1.807, 2.05) is 32.9 Å². The van der Waals surface area contributed by atoms with Crippen molar-refractivity contribution >= 4 is 0 Å². The summed E-state index contributed by atoms with van der Waals surface area (Å²) in [7, 11) is 0. The molecule has 1 aromatic heterocycles. The molecular formula is C11H14N2. The Balaban J connectivity index is 3.22. The second-order valence-corrected chi connectivity index (χ2v) is 3.47. The summed E-state index contributed by atoms with van der Waals surface area (Å²) < 4.78 is 0.